The molecule has 1 heterocycles. The molecule has 4 nitrogen and oxygen atoms in total. The fourth-order valence-corrected chi connectivity index (χ4v) is 2.40. The van der Waals surface area contributed by atoms with E-state index in [9.17, 15) is 8.76 Å². The van der Waals surface area contributed by atoms with Crippen molar-refractivity contribution in [2.75, 3.05) is 4.72 Å². The van der Waals surface area contributed by atoms with Crippen molar-refractivity contribution >= 4 is 57.3 Å². The Labute approximate surface area is 128 Å². The van der Waals surface area contributed by atoms with Crippen LogP contribution in [0.5, 0.6) is 0 Å². The minimum atomic E-state index is -2.32. The standard InChI is InChI=1S/C10H10N2O2S2.Na/c1-7-2-4-8(5-3-7)9-6-15-10(11-9)12-16(13)14;/h2-6H,1H3,(H,11,12)(H,13,14);/p-1. The van der Waals surface area contributed by atoms with Crippen LogP contribution in [0.1, 0.15) is 5.56 Å². The minimum absolute atomic E-state index is 0. The zero-order chi connectivity index (χ0) is 11.5. The molecule has 0 spiro atoms. The molecule has 0 fully saturated rings. The summed E-state index contributed by atoms with van der Waals surface area (Å²) in [6.45, 7) is 2.01. The molecule has 0 aliphatic carbocycles. The number of hydrogen-bond donors (Lipinski definition) is 1. The number of aromatic nitrogens is 1. The van der Waals surface area contributed by atoms with E-state index in [1.54, 1.807) is 0 Å². The van der Waals surface area contributed by atoms with E-state index in [2.05, 4.69) is 9.71 Å². The van der Waals surface area contributed by atoms with Crippen LogP contribution in [0.3, 0.4) is 0 Å². The van der Waals surface area contributed by atoms with Gasteiger partial charge in [-0.05, 0) is 6.92 Å². The maximum Gasteiger partial charge on any atom is 0.194 e. The molecule has 1 N–H and O–H groups in total. The van der Waals surface area contributed by atoms with Gasteiger partial charge < -0.3 is 4.55 Å². The van der Waals surface area contributed by atoms with Crippen LogP contribution in [0.15, 0.2) is 29.6 Å². The maximum atomic E-state index is 10.4. The number of rotatable bonds is 3. The van der Waals surface area contributed by atoms with E-state index in [1.165, 1.54) is 16.9 Å². The summed E-state index contributed by atoms with van der Waals surface area (Å²) in [6.07, 6.45) is 0. The molecule has 2 aromatic rings. The number of anilines is 1. The van der Waals surface area contributed by atoms with Crippen LogP contribution in [0.4, 0.5) is 5.13 Å². The first-order valence-corrected chi connectivity index (χ1v) is 6.49. The average Bonchev–Trinajstić information content (AvgIpc) is 2.66. The molecule has 0 amide bonds. The SMILES string of the molecule is Cc1ccc(-c2csc(NS(=O)[O-])n2)cc1.[Na]. The van der Waals surface area contributed by atoms with Gasteiger partial charge >= 0.3 is 0 Å². The van der Waals surface area contributed by atoms with Gasteiger partial charge in [0, 0.05) is 51.8 Å². The molecule has 0 saturated heterocycles. The topological polar surface area (TPSA) is 65.0 Å². The van der Waals surface area contributed by atoms with Gasteiger partial charge in [0.2, 0.25) is 0 Å². The molecule has 0 saturated carbocycles. The number of nitrogens with zero attached hydrogens (tertiary/aromatic N) is 1. The van der Waals surface area contributed by atoms with Gasteiger partial charge in [-0.2, -0.15) is 0 Å². The van der Waals surface area contributed by atoms with E-state index in [-0.39, 0.29) is 29.6 Å². The third kappa shape index (κ3) is 4.17. The van der Waals surface area contributed by atoms with Gasteiger partial charge in [0.25, 0.3) is 0 Å². The fourth-order valence-electron chi connectivity index (χ4n) is 1.25. The van der Waals surface area contributed by atoms with Crippen LogP contribution in [-0.2, 0) is 11.3 Å². The zero-order valence-corrected chi connectivity index (χ0v) is 13.1. The average molecular weight is 276 g/mol. The van der Waals surface area contributed by atoms with E-state index in [1.807, 2.05) is 36.6 Å². The summed E-state index contributed by atoms with van der Waals surface area (Å²) in [6, 6.07) is 7.91. The Morgan fingerprint density at radius 1 is 1.35 bits per heavy atom. The Morgan fingerprint density at radius 3 is 2.59 bits per heavy atom. The summed E-state index contributed by atoms with van der Waals surface area (Å²) in [5, 5.41) is 2.20. The van der Waals surface area contributed by atoms with E-state index in [0.717, 1.165) is 11.3 Å². The van der Waals surface area contributed by atoms with E-state index < -0.39 is 11.3 Å². The second-order valence-corrected chi connectivity index (χ2v) is 4.77. The Hall–Kier alpha value is -0.240. The summed E-state index contributed by atoms with van der Waals surface area (Å²) >= 11 is -1.05. The van der Waals surface area contributed by atoms with Crippen molar-refractivity contribution in [1.29, 1.82) is 0 Å². The molecule has 2 rings (SSSR count). The van der Waals surface area contributed by atoms with Gasteiger partial charge in [-0.25, -0.2) is 4.98 Å². The van der Waals surface area contributed by atoms with Crippen LogP contribution in [-0.4, -0.2) is 43.3 Å². The second kappa shape index (κ2) is 6.63. The normalized spacial score (nSPS) is 11.6. The summed E-state index contributed by atoms with van der Waals surface area (Å²) < 4.78 is 23.1. The molecule has 85 valence electrons. The molecule has 1 unspecified atom stereocenters. The number of benzene rings is 1. The third-order valence-corrected chi connectivity index (χ3v) is 3.27. The second-order valence-electron chi connectivity index (χ2n) is 3.24. The van der Waals surface area contributed by atoms with E-state index >= 15 is 0 Å². The van der Waals surface area contributed by atoms with Crippen molar-refractivity contribution < 1.29 is 8.76 Å². The van der Waals surface area contributed by atoms with Crippen LogP contribution in [0.25, 0.3) is 11.3 Å². The van der Waals surface area contributed by atoms with Gasteiger partial charge in [-0.15, -0.1) is 11.3 Å². The van der Waals surface area contributed by atoms with Gasteiger partial charge in [0.05, 0.1) is 5.69 Å². The molecule has 0 aliphatic heterocycles. The molecule has 1 aromatic heterocycles. The molecular weight excluding hydrogens is 267 g/mol. The predicted molar refractivity (Wildman–Crippen MR) is 70.6 cm³/mol. The Kier molecular flexibility index (Phi) is 5.78. The maximum absolute atomic E-state index is 10.4. The van der Waals surface area contributed by atoms with Crippen molar-refractivity contribution in [3.63, 3.8) is 0 Å². The van der Waals surface area contributed by atoms with Gasteiger partial charge in [0.15, 0.2) is 5.13 Å². The van der Waals surface area contributed by atoms with Gasteiger partial charge in [-0.3, -0.25) is 8.93 Å². The number of aryl methyl sites for hydroxylation is 1. The Bertz CT molecular complexity index is 513. The molecular formula is C10H9N2NaO2S2-. The minimum Gasteiger partial charge on any atom is -0.755 e. The summed E-state index contributed by atoms with van der Waals surface area (Å²) in [4.78, 5) is 4.16. The largest absolute Gasteiger partial charge is 0.755 e. The summed E-state index contributed by atoms with van der Waals surface area (Å²) in [5.41, 5.74) is 2.93. The third-order valence-electron chi connectivity index (χ3n) is 2.02. The number of nitrogens with one attached hydrogen (secondary N) is 1. The summed E-state index contributed by atoms with van der Waals surface area (Å²) in [5.74, 6) is 0. The quantitative estimate of drug-likeness (QED) is 0.688. The molecule has 0 bridgehead atoms. The van der Waals surface area contributed by atoms with Gasteiger partial charge in [0.1, 0.15) is 0 Å². The Morgan fingerprint density at radius 2 is 2.00 bits per heavy atom. The van der Waals surface area contributed by atoms with Crippen molar-refractivity contribution in [1.82, 2.24) is 4.98 Å². The van der Waals surface area contributed by atoms with Crippen LogP contribution in [0.2, 0.25) is 0 Å². The van der Waals surface area contributed by atoms with Crippen molar-refractivity contribution in [2.24, 2.45) is 0 Å². The smallest absolute Gasteiger partial charge is 0.194 e. The van der Waals surface area contributed by atoms with Crippen LogP contribution >= 0.6 is 11.3 Å². The molecule has 17 heavy (non-hydrogen) atoms. The van der Waals surface area contributed by atoms with Crippen molar-refractivity contribution in [3.05, 3.63) is 35.2 Å². The summed E-state index contributed by atoms with van der Waals surface area (Å²) in [7, 11) is 0. The predicted octanol–water partition coefficient (Wildman–Crippen LogP) is 1.94. The fraction of sp³-hybridized carbons (Fsp3) is 0.100. The van der Waals surface area contributed by atoms with E-state index in [0.29, 0.717) is 5.13 Å². The van der Waals surface area contributed by atoms with Crippen molar-refractivity contribution in [3.8, 4) is 11.3 Å². The van der Waals surface area contributed by atoms with Gasteiger partial charge in [-0.1, -0.05) is 29.8 Å². The first-order chi connectivity index (χ1) is 7.65. The molecule has 7 heteroatoms. The first kappa shape index (κ1) is 14.8. The monoisotopic (exact) mass is 276 g/mol. The molecule has 0 aliphatic rings. The Balaban J connectivity index is 0.00000144. The molecule has 1 atom stereocenters. The van der Waals surface area contributed by atoms with Crippen LogP contribution in [0, 0.1) is 6.92 Å². The van der Waals surface area contributed by atoms with Crippen molar-refractivity contribution in [2.45, 2.75) is 6.92 Å². The number of hydrogen-bond acceptors (Lipinski definition) is 4. The molecule has 1 aromatic carbocycles. The molecule has 1 radical (unpaired) electrons. The van der Waals surface area contributed by atoms with Crippen LogP contribution < -0.4 is 4.72 Å². The number of thiazole rings is 1. The first-order valence-electron chi connectivity index (χ1n) is 4.53. The van der Waals surface area contributed by atoms with E-state index in [4.69, 9.17) is 0 Å². The zero-order valence-electron chi connectivity index (χ0n) is 9.47.